The molecule has 2 N–H and O–H groups in total. The van der Waals surface area contributed by atoms with Gasteiger partial charge in [0.05, 0.1) is 0 Å². The third-order valence-corrected chi connectivity index (χ3v) is 6.15. The van der Waals surface area contributed by atoms with Crippen LogP contribution in [-0.2, 0) is 4.79 Å². The van der Waals surface area contributed by atoms with Gasteiger partial charge in [0, 0.05) is 18.0 Å². The highest BCUT2D eigenvalue weighted by Gasteiger charge is 2.54. The molecule has 1 heterocycles. The summed E-state index contributed by atoms with van der Waals surface area (Å²) in [4.78, 5) is 12.8. The molecular weight excluding hydrogens is 272 g/mol. The van der Waals surface area contributed by atoms with Gasteiger partial charge in [-0.3, -0.25) is 4.79 Å². The first-order valence-electron chi connectivity index (χ1n) is 8.25. The van der Waals surface area contributed by atoms with Crippen molar-refractivity contribution in [2.75, 3.05) is 13.1 Å². The first-order chi connectivity index (χ1) is 9.23. The van der Waals surface area contributed by atoms with E-state index in [1.54, 1.807) is 0 Å². The Morgan fingerprint density at radius 3 is 2.15 bits per heavy atom. The number of piperidine rings is 1. The van der Waals surface area contributed by atoms with Crippen molar-refractivity contribution in [3.63, 3.8) is 0 Å². The average molecular weight is 299 g/mol. The Bertz CT molecular complexity index is 343. The molecule has 0 radical (unpaired) electrons. The molecule has 0 aromatic carbocycles. The van der Waals surface area contributed by atoms with Crippen molar-refractivity contribution in [1.29, 1.82) is 0 Å². The van der Waals surface area contributed by atoms with Gasteiger partial charge in [0.25, 0.3) is 0 Å². The van der Waals surface area contributed by atoms with Gasteiger partial charge in [-0.2, -0.15) is 0 Å². The van der Waals surface area contributed by atoms with Crippen LogP contribution in [-0.4, -0.2) is 25.0 Å². The fourth-order valence-electron chi connectivity index (χ4n) is 5.70. The molecule has 1 saturated heterocycles. The van der Waals surface area contributed by atoms with E-state index < -0.39 is 0 Å². The van der Waals surface area contributed by atoms with Crippen molar-refractivity contribution < 1.29 is 4.79 Å². The molecule has 1 amide bonds. The van der Waals surface area contributed by atoms with Gasteiger partial charge in [0.15, 0.2) is 0 Å². The number of carbonyl (C=O) groups is 1. The molecule has 0 unspecified atom stereocenters. The smallest absolute Gasteiger partial charge is 0.226 e. The van der Waals surface area contributed by atoms with Crippen molar-refractivity contribution in [1.82, 2.24) is 10.6 Å². The van der Waals surface area contributed by atoms with E-state index in [4.69, 9.17) is 0 Å². The quantitative estimate of drug-likeness (QED) is 0.822. The maximum absolute atomic E-state index is 12.8. The predicted molar refractivity (Wildman–Crippen MR) is 81.9 cm³/mol. The van der Waals surface area contributed by atoms with Crippen molar-refractivity contribution in [2.24, 2.45) is 23.2 Å². The SMILES string of the molecule is Cl.O=C(N[C@@H]1CCCNC1)C12CC3CC(CC(C3)C1)C2. The summed E-state index contributed by atoms with van der Waals surface area (Å²) in [5, 5.41) is 6.77. The fourth-order valence-corrected chi connectivity index (χ4v) is 5.70. The Morgan fingerprint density at radius 2 is 1.65 bits per heavy atom. The molecule has 1 aliphatic heterocycles. The molecule has 5 rings (SSSR count). The molecule has 0 spiro atoms. The minimum Gasteiger partial charge on any atom is -0.352 e. The molecule has 5 aliphatic rings. The Kier molecular flexibility index (Phi) is 4.02. The molecule has 20 heavy (non-hydrogen) atoms. The summed E-state index contributed by atoms with van der Waals surface area (Å²) in [6, 6.07) is 0.384. The highest BCUT2D eigenvalue weighted by atomic mass is 35.5. The standard InChI is InChI=1S/C16H26N2O.ClH/c19-15(18-14-2-1-3-17-10-14)16-7-11-4-12(8-16)6-13(5-11)9-16;/h11-14,17H,1-10H2,(H,18,19);1H/t11?,12?,13?,14-,16?;/m1./s1. The van der Waals surface area contributed by atoms with Crippen LogP contribution in [0.15, 0.2) is 0 Å². The fraction of sp³-hybridized carbons (Fsp3) is 0.938. The van der Waals surface area contributed by atoms with Crippen LogP contribution in [0.25, 0.3) is 0 Å². The molecule has 0 aromatic heterocycles. The molecular formula is C16H27ClN2O. The first-order valence-corrected chi connectivity index (χ1v) is 8.25. The average Bonchev–Trinajstić information content (AvgIpc) is 2.38. The van der Waals surface area contributed by atoms with Crippen LogP contribution in [0.5, 0.6) is 0 Å². The molecule has 4 aliphatic carbocycles. The van der Waals surface area contributed by atoms with Crippen LogP contribution in [0.4, 0.5) is 0 Å². The van der Waals surface area contributed by atoms with Crippen molar-refractivity contribution in [3.8, 4) is 0 Å². The third-order valence-electron chi connectivity index (χ3n) is 6.15. The molecule has 4 bridgehead atoms. The molecule has 1 atom stereocenters. The van der Waals surface area contributed by atoms with Crippen molar-refractivity contribution in [2.45, 2.75) is 57.4 Å². The topological polar surface area (TPSA) is 41.1 Å². The lowest BCUT2D eigenvalue weighted by Crippen LogP contribution is -2.57. The maximum Gasteiger partial charge on any atom is 0.226 e. The third kappa shape index (κ3) is 2.48. The molecule has 4 saturated carbocycles. The molecule has 3 nitrogen and oxygen atoms in total. The normalized spacial score (nSPS) is 45.8. The van der Waals surface area contributed by atoms with E-state index in [0.717, 1.165) is 37.3 Å². The van der Waals surface area contributed by atoms with Gasteiger partial charge in [-0.25, -0.2) is 0 Å². The summed E-state index contributed by atoms with van der Waals surface area (Å²) in [5.74, 6) is 2.99. The second-order valence-corrected chi connectivity index (χ2v) is 7.71. The zero-order valence-electron chi connectivity index (χ0n) is 12.2. The minimum atomic E-state index is 0. The number of carbonyl (C=O) groups excluding carboxylic acids is 1. The summed E-state index contributed by atoms with van der Waals surface area (Å²) in [6.07, 6.45) is 10.2. The summed E-state index contributed by atoms with van der Waals surface area (Å²) in [7, 11) is 0. The highest BCUT2D eigenvalue weighted by molar-refractivity contribution is 5.85. The van der Waals surface area contributed by atoms with Gasteiger partial charge in [-0.1, -0.05) is 0 Å². The largest absolute Gasteiger partial charge is 0.352 e. The van der Waals surface area contributed by atoms with Gasteiger partial charge in [0.1, 0.15) is 0 Å². The summed E-state index contributed by atoms with van der Waals surface area (Å²) < 4.78 is 0. The lowest BCUT2D eigenvalue weighted by atomic mass is 9.49. The van der Waals surface area contributed by atoms with Crippen LogP contribution in [0.2, 0.25) is 0 Å². The van der Waals surface area contributed by atoms with E-state index in [1.165, 1.54) is 44.9 Å². The number of hydrogen-bond donors (Lipinski definition) is 2. The van der Waals surface area contributed by atoms with Gasteiger partial charge < -0.3 is 10.6 Å². The van der Waals surface area contributed by atoms with Crippen molar-refractivity contribution in [3.05, 3.63) is 0 Å². The van der Waals surface area contributed by atoms with Gasteiger partial charge in [-0.05, 0) is 75.7 Å². The summed E-state index contributed by atoms with van der Waals surface area (Å²) >= 11 is 0. The number of rotatable bonds is 2. The number of hydrogen-bond acceptors (Lipinski definition) is 2. The van der Waals surface area contributed by atoms with Crippen LogP contribution < -0.4 is 10.6 Å². The van der Waals surface area contributed by atoms with E-state index in [2.05, 4.69) is 10.6 Å². The molecule has 4 heteroatoms. The first kappa shape index (κ1) is 14.6. The van der Waals surface area contributed by atoms with E-state index in [1.807, 2.05) is 0 Å². The maximum atomic E-state index is 12.8. The van der Waals surface area contributed by atoms with Crippen LogP contribution in [0.1, 0.15) is 51.4 Å². The van der Waals surface area contributed by atoms with E-state index in [9.17, 15) is 4.79 Å². The van der Waals surface area contributed by atoms with Crippen LogP contribution >= 0.6 is 12.4 Å². The molecule has 114 valence electrons. The molecule has 0 aromatic rings. The van der Waals surface area contributed by atoms with E-state index >= 15 is 0 Å². The Morgan fingerprint density at radius 1 is 1.05 bits per heavy atom. The van der Waals surface area contributed by atoms with Crippen molar-refractivity contribution >= 4 is 18.3 Å². The zero-order chi connectivity index (χ0) is 12.9. The monoisotopic (exact) mass is 298 g/mol. The van der Waals surface area contributed by atoms with E-state index in [-0.39, 0.29) is 17.8 Å². The minimum absolute atomic E-state index is 0. The van der Waals surface area contributed by atoms with E-state index in [0.29, 0.717) is 11.9 Å². The summed E-state index contributed by atoms with van der Waals surface area (Å²) in [6.45, 7) is 2.09. The van der Waals surface area contributed by atoms with Gasteiger partial charge in [0.2, 0.25) is 5.91 Å². The second-order valence-electron chi connectivity index (χ2n) is 7.71. The predicted octanol–water partition coefficient (Wildman–Crippen LogP) is 2.49. The lowest BCUT2D eigenvalue weighted by molar-refractivity contribution is -0.147. The number of nitrogens with one attached hydrogen (secondary N) is 2. The second kappa shape index (κ2) is 5.49. The van der Waals surface area contributed by atoms with Crippen LogP contribution in [0.3, 0.4) is 0 Å². The number of amides is 1. The van der Waals surface area contributed by atoms with Crippen LogP contribution in [0, 0.1) is 23.2 Å². The lowest BCUT2D eigenvalue weighted by Gasteiger charge is -2.56. The zero-order valence-corrected chi connectivity index (χ0v) is 13.0. The highest BCUT2D eigenvalue weighted by Crippen LogP contribution is 2.60. The summed E-state index contributed by atoms with van der Waals surface area (Å²) in [5.41, 5.74) is 0.0339. The number of halogens is 1. The van der Waals surface area contributed by atoms with Gasteiger partial charge >= 0.3 is 0 Å². The van der Waals surface area contributed by atoms with Gasteiger partial charge in [-0.15, -0.1) is 12.4 Å². The Hall–Kier alpha value is -0.280. The Balaban J connectivity index is 0.00000121. The Labute approximate surface area is 128 Å². The molecule has 5 fully saturated rings.